The summed E-state index contributed by atoms with van der Waals surface area (Å²) in [7, 11) is 1.73. The van der Waals surface area contributed by atoms with Crippen LogP contribution in [0.4, 0.5) is 0 Å². The van der Waals surface area contributed by atoms with Crippen molar-refractivity contribution in [2.45, 2.75) is 42.4 Å². The highest BCUT2D eigenvalue weighted by Gasteiger charge is 2.54. The number of terminal acetylenes is 1. The first kappa shape index (κ1) is 21.4. The monoisotopic (exact) mass is 422 g/mol. The molecule has 30 heavy (non-hydrogen) atoms. The van der Waals surface area contributed by atoms with E-state index < -0.39 is 5.60 Å². The Morgan fingerprint density at radius 2 is 2.00 bits per heavy atom. The summed E-state index contributed by atoms with van der Waals surface area (Å²) in [5.41, 5.74) is 2.00. The maximum Gasteiger partial charge on any atom is 0.121 e. The zero-order valence-corrected chi connectivity index (χ0v) is 18.4. The largest absolute Gasteiger partial charge is 0.385 e. The SMILES string of the molecule is C#CC1N2CCC(CC2)C1(O)c1ccc(SCCCOC)nc1Cc1ccccc1. The molecule has 2 atom stereocenters. The van der Waals surface area contributed by atoms with E-state index in [0.29, 0.717) is 6.42 Å². The summed E-state index contributed by atoms with van der Waals surface area (Å²) in [6.07, 6.45) is 9.57. The second-order valence-electron chi connectivity index (χ2n) is 8.21. The van der Waals surface area contributed by atoms with Crippen LogP contribution in [0, 0.1) is 18.3 Å². The normalized spacial score (nSPS) is 27.7. The lowest BCUT2D eigenvalue weighted by Crippen LogP contribution is -2.63. The Morgan fingerprint density at radius 1 is 1.23 bits per heavy atom. The Labute approximate surface area is 184 Å². The van der Waals surface area contributed by atoms with Crippen molar-refractivity contribution in [2.24, 2.45) is 5.92 Å². The molecule has 5 heteroatoms. The molecular formula is C25H30N2O2S. The highest BCUT2D eigenvalue weighted by molar-refractivity contribution is 7.99. The molecule has 3 fully saturated rings. The van der Waals surface area contributed by atoms with Crippen molar-refractivity contribution in [1.82, 2.24) is 9.88 Å². The number of thioether (sulfide) groups is 1. The van der Waals surface area contributed by atoms with Gasteiger partial charge < -0.3 is 9.84 Å². The molecule has 2 unspecified atom stereocenters. The number of aromatic nitrogens is 1. The maximum atomic E-state index is 12.0. The Kier molecular flexibility index (Phi) is 6.80. The number of piperidine rings is 3. The average molecular weight is 423 g/mol. The summed E-state index contributed by atoms with van der Waals surface area (Å²) >= 11 is 1.74. The molecule has 0 saturated carbocycles. The van der Waals surface area contributed by atoms with Gasteiger partial charge in [-0.15, -0.1) is 18.2 Å². The molecule has 0 amide bonds. The Bertz CT molecular complexity index is 890. The number of hydrogen-bond donors (Lipinski definition) is 1. The first-order valence-corrected chi connectivity index (χ1v) is 11.7. The molecule has 3 aliphatic rings. The van der Waals surface area contributed by atoms with Crippen molar-refractivity contribution in [2.75, 3.05) is 32.6 Å². The van der Waals surface area contributed by atoms with Crippen LogP contribution < -0.4 is 0 Å². The number of aliphatic hydroxyl groups is 1. The van der Waals surface area contributed by atoms with Crippen LogP contribution in [-0.2, 0) is 16.8 Å². The number of benzene rings is 1. The molecule has 5 rings (SSSR count). The van der Waals surface area contributed by atoms with Crippen LogP contribution in [0.25, 0.3) is 0 Å². The third kappa shape index (κ3) is 4.15. The maximum absolute atomic E-state index is 12.0. The van der Waals surface area contributed by atoms with Gasteiger partial charge >= 0.3 is 0 Å². The van der Waals surface area contributed by atoms with Crippen molar-refractivity contribution in [3.05, 3.63) is 59.3 Å². The summed E-state index contributed by atoms with van der Waals surface area (Å²) in [5, 5.41) is 13.0. The fraction of sp³-hybridized carbons (Fsp3) is 0.480. The average Bonchev–Trinajstić information content (AvgIpc) is 2.78. The Balaban J connectivity index is 1.70. The van der Waals surface area contributed by atoms with Crippen molar-refractivity contribution in [3.63, 3.8) is 0 Å². The Hall–Kier alpha value is -1.84. The molecule has 2 aromatic rings. The molecule has 4 nitrogen and oxygen atoms in total. The molecular weight excluding hydrogens is 392 g/mol. The number of methoxy groups -OCH3 is 1. The fourth-order valence-electron chi connectivity index (χ4n) is 4.93. The van der Waals surface area contributed by atoms with Crippen LogP contribution in [0.2, 0.25) is 0 Å². The van der Waals surface area contributed by atoms with Crippen LogP contribution >= 0.6 is 11.8 Å². The predicted octanol–water partition coefficient (Wildman–Crippen LogP) is 3.72. The van der Waals surface area contributed by atoms with E-state index in [9.17, 15) is 5.11 Å². The fourth-order valence-corrected chi connectivity index (χ4v) is 5.74. The van der Waals surface area contributed by atoms with E-state index in [1.54, 1.807) is 18.9 Å². The third-order valence-electron chi connectivity index (χ3n) is 6.43. The number of pyridine rings is 1. The molecule has 1 aromatic carbocycles. The topological polar surface area (TPSA) is 45.6 Å². The summed E-state index contributed by atoms with van der Waals surface area (Å²) in [6.45, 7) is 2.69. The van der Waals surface area contributed by atoms with Gasteiger partial charge in [-0.1, -0.05) is 42.3 Å². The number of hydrogen-bond acceptors (Lipinski definition) is 5. The number of fused-ring (bicyclic) bond motifs is 3. The van der Waals surface area contributed by atoms with Crippen LogP contribution in [0.1, 0.15) is 36.1 Å². The lowest BCUT2D eigenvalue weighted by molar-refractivity contribution is -0.143. The second-order valence-corrected chi connectivity index (χ2v) is 9.32. The van der Waals surface area contributed by atoms with E-state index in [-0.39, 0.29) is 12.0 Å². The van der Waals surface area contributed by atoms with Crippen LogP contribution in [0.3, 0.4) is 0 Å². The molecule has 0 aliphatic carbocycles. The molecule has 0 radical (unpaired) electrons. The van der Waals surface area contributed by atoms with E-state index in [1.807, 2.05) is 24.3 Å². The van der Waals surface area contributed by atoms with Gasteiger partial charge in [-0.25, -0.2) is 4.98 Å². The summed E-state index contributed by atoms with van der Waals surface area (Å²) < 4.78 is 5.16. The van der Waals surface area contributed by atoms with Gasteiger partial charge in [0.2, 0.25) is 0 Å². The molecule has 2 bridgehead atoms. The second kappa shape index (κ2) is 9.53. The quantitative estimate of drug-likeness (QED) is 0.399. The third-order valence-corrected chi connectivity index (χ3v) is 7.44. The van der Waals surface area contributed by atoms with Crippen molar-refractivity contribution in [3.8, 4) is 12.3 Å². The van der Waals surface area contributed by atoms with Gasteiger partial charge in [0.1, 0.15) is 11.6 Å². The van der Waals surface area contributed by atoms with Crippen molar-refractivity contribution in [1.29, 1.82) is 0 Å². The molecule has 3 saturated heterocycles. The van der Waals surface area contributed by atoms with E-state index in [0.717, 1.165) is 61.0 Å². The van der Waals surface area contributed by atoms with Gasteiger partial charge in [-0.3, -0.25) is 4.90 Å². The standard InChI is InChI=1S/C25H30N2O2S/c1-3-23-25(28,20-12-14-27(23)15-13-20)21-10-11-24(30-17-7-16-29-2)26-22(21)18-19-8-5-4-6-9-19/h1,4-6,8-11,20,23,28H,7,12-18H2,2H3. The first-order valence-electron chi connectivity index (χ1n) is 10.8. The van der Waals surface area contributed by atoms with Gasteiger partial charge in [0.25, 0.3) is 0 Å². The van der Waals surface area contributed by atoms with Crippen LogP contribution in [-0.4, -0.2) is 53.6 Å². The Morgan fingerprint density at radius 3 is 2.70 bits per heavy atom. The van der Waals surface area contributed by atoms with E-state index >= 15 is 0 Å². The van der Waals surface area contributed by atoms with Crippen molar-refractivity contribution < 1.29 is 9.84 Å². The highest BCUT2D eigenvalue weighted by Crippen LogP contribution is 2.47. The zero-order valence-electron chi connectivity index (χ0n) is 17.6. The van der Waals surface area contributed by atoms with Gasteiger partial charge in [-0.2, -0.15) is 0 Å². The van der Waals surface area contributed by atoms with Gasteiger partial charge in [0, 0.05) is 31.5 Å². The lowest BCUT2D eigenvalue weighted by Gasteiger charge is -2.54. The minimum atomic E-state index is -1.04. The molecule has 3 aliphatic heterocycles. The number of nitrogens with zero attached hydrogens (tertiary/aromatic N) is 2. The summed E-state index contributed by atoms with van der Waals surface area (Å²) in [6, 6.07) is 14.2. The number of ether oxygens (including phenoxy) is 1. The van der Waals surface area contributed by atoms with Gasteiger partial charge in [0.05, 0.1) is 10.7 Å². The molecule has 0 spiro atoms. The summed E-state index contributed by atoms with van der Waals surface area (Å²) in [4.78, 5) is 7.28. The molecule has 158 valence electrons. The predicted molar refractivity (Wildman–Crippen MR) is 122 cm³/mol. The minimum absolute atomic E-state index is 0.181. The van der Waals surface area contributed by atoms with Crippen molar-refractivity contribution >= 4 is 11.8 Å². The molecule has 1 N–H and O–H groups in total. The van der Waals surface area contributed by atoms with Crippen LogP contribution in [0.15, 0.2) is 47.5 Å². The first-order chi connectivity index (χ1) is 14.7. The number of rotatable bonds is 8. The highest BCUT2D eigenvalue weighted by atomic mass is 32.2. The minimum Gasteiger partial charge on any atom is -0.385 e. The van der Waals surface area contributed by atoms with Crippen LogP contribution in [0.5, 0.6) is 0 Å². The molecule has 4 heterocycles. The molecule has 1 aromatic heterocycles. The zero-order chi connectivity index (χ0) is 21.0. The van der Waals surface area contributed by atoms with E-state index in [1.165, 1.54) is 5.56 Å². The van der Waals surface area contributed by atoms with Gasteiger partial charge in [0.15, 0.2) is 0 Å². The smallest absolute Gasteiger partial charge is 0.121 e. The van der Waals surface area contributed by atoms with E-state index in [2.05, 4.69) is 29.0 Å². The summed E-state index contributed by atoms with van der Waals surface area (Å²) in [5.74, 6) is 4.05. The van der Waals surface area contributed by atoms with E-state index in [4.69, 9.17) is 16.1 Å². The van der Waals surface area contributed by atoms with Gasteiger partial charge in [-0.05, 0) is 49.9 Å². The lowest BCUT2D eigenvalue weighted by atomic mass is 9.66.